The molecule has 43 heavy (non-hydrogen) atoms. The second-order valence-corrected chi connectivity index (χ2v) is 13.6. The molecule has 2 aliphatic carbocycles. The fourth-order valence-electron chi connectivity index (χ4n) is 7.65. The maximum absolute atomic E-state index is 13.6. The van der Waals surface area contributed by atoms with Crippen LogP contribution in [0.15, 0.2) is 52.3 Å². The topological polar surface area (TPSA) is 160 Å². The number of aliphatic carboxylic acids is 1. The largest absolute Gasteiger partial charge is 0.489 e. The number of thioether (sulfide) groups is 1. The number of aromatic amines is 1. The standard InChI is InChI=1S/C29H24FN3O8S2/c1-11(28(36)37)32-26(34)21-16-9-17(22(21)27(32)35)23-20(16)19(24-25(42-23)31-29(38)43-24)15-8-14(33(39)40)6-7-18(15)41-10-12-2-4-13(30)5-3-12/h2-8,11,16-17,19-23H,9-10H2,1H3,(H,31,38)(H,36,37)/t11-,16+,17-,19-,20-,21-,22-,23+/m0/s1. The Morgan fingerprint density at radius 3 is 2.53 bits per heavy atom. The molecule has 3 fully saturated rings. The number of carboxylic acid groups (broad SMARTS) is 1. The minimum Gasteiger partial charge on any atom is -0.489 e. The number of aromatic nitrogens is 1. The zero-order valence-corrected chi connectivity index (χ0v) is 24.1. The van der Waals surface area contributed by atoms with E-state index in [0.717, 1.165) is 16.2 Å². The lowest BCUT2D eigenvalue weighted by Crippen LogP contribution is -2.44. The van der Waals surface area contributed by atoms with Crippen molar-refractivity contribution in [2.24, 2.45) is 29.6 Å². The molecule has 2 N–H and O–H groups in total. The van der Waals surface area contributed by atoms with Crippen molar-refractivity contribution in [1.82, 2.24) is 9.88 Å². The van der Waals surface area contributed by atoms with Crippen LogP contribution in [0.1, 0.15) is 35.3 Å². The minimum atomic E-state index is -1.29. The van der Waals surface area contributed by atoms with Crippen molar-refractivity contribution in [2.45, 2.75) is 42.2 Å². The Kier molecular flexibility index (Phi) is 6.47. The third-order valence-electron chi connectivity index (χ3n) is 9.35. The molecule has 11 nitrogen and oxygen atoms in total. The monoisotopic (exact) mass is 625 g/mol. The Bertz CT molecular complexity index is 1760. The summed E-state index contributed by atoms with van der Waals surface area (Å²) in [6, 6.07) is 8.76. The molecule has 1 aromatic heterocycles. The number of hydrogen-bond acceptors (Lipinski definition) is 9. The SMILES string of the molecule is C[C@@H](C(=O)O)N1C(=O)[C@H]2[C@@H]3C[C@@H]([C@@H]2C1=O)[C@H]1[C@H](c2cc([N+](=O)[O-])ccc2OCc2ccc(F)cc2)c2sc(=O)[nH]c2S[C@H]31. The quantitative estimate of drug-likeness (QED) is 0.225. The fraction of sp³-hybridized carbons (Fsp3) is 0.379. The molecule has 3 aromatic rings. The molecule has 8 atom stereocenters. The van der Waals surface area contributed by atoms with Crippen LogP contribution in [0.5, 0.6) is 5.75 Å². The highest BCUT2D eigenvalue weighted by Crippen LogP contribution is 2.69. The van der Waals surface area contributed by atoms with Crippen molar-refractivity contribution in [1.29, 1.82) is 0 Å². The van der Waals surface area contributed by atoms with E-state index in [1.54, 1.807) is 12.1 Å². The summed E-state index contributed by atoms with van der Waals surface area (Å²) in [5.41, 5.74) is 0.998. The lowest BCUT2D eigenvalue weighted by molar-refractivity contribution is -0.385. The van der Waals surface area contributed by atoms with Crippen molar-refractivity contribution in [3.05, 3.63) is 84.1 Å². The lowest BCUT2D eigenvalue weighted by atomic mass is 9.68. The number of ether oxygens (including phenoxy) is 1. The van der Waals surface area contributed by atoms with Gasteiger partial charge >= 0.3 is 10.8 Å². The predicted octanol–water partition coefficient (Wildman–Crippen LogP) is 4.01. The zero-order chi connectivity index (χ0) is 30.3. The number of thiazole rings is 1. The highest BCUT2D eigenvalue weighted by molar-refractivity contribution is 8.00. The van der Waals surface area contributed by atoms with E-state index < -0.39 is 52.3 Å². The number of fused-ring (bicyclic) bond motifs is 9. The molecule has 0 radical (unpaired) electrons. The first-order valence-corrected chi connectivity index (χ1v) is 15.4. The number of non-ortho nitro benzene ring substituents is 1. The number of halogens is 1. The summed E-state index contributed by atoms with van der Waals surface area (Å²) in [4.78, 5) is 67.0. The van der Waals surface area contributed by atoms with Crippen LogP contribution in [0, 0.1) is 45.5 Å². The van der Waals surface area contributed by atoms with E-state index in [4.69, 9.17) is 4.74 Å². The molecule has 2 saturated carbocycles. The first kappa shape index (κ1) is 27.8. The van der Waals surface area contributed by atoms with E-state index in [1.807, 2.05) is 0 Å². The van der Waals surface area contributed by atoms with Gasteiger partial charge < -0.3 is 14.8 Å². The van der Waals surface area contributed by atoms with Gasteiger partial charge in [0.2, 0.25) is 11.8 Å². The molecule has 0 spiro atoms. The average molecular weight is 626 g/mol. The van der Waals surface area contributed by atoms with Crippen LogP contribution in [0.25, 0.3) is 0 Å². The number of benzene rings is 2. The Morgan fingerprint density at radius 2 is 1.86 bits per heavy atom. The van der Waals surface area contributed by atoms with Gasteiger partial charge in [0.05, 0.1) is 21.8 Å². The van der Waals surface area contributed by atoms with E-state index in [9.17, 15) is 38.8 Å². The smallest absolute Gasteiger partial charge is 0.326 e. The Morgan fingerprint density at radius 1 is 1.16 bits per heavy atom. The molecule has 1 saturated heterocycles. The summed E-state index contributed by atoms with van der Waals surface area (Å²) < 4.78 is 19.6. The number of nitro benzene ring substituents is 1. The van der Waals surface area contributed by atoms with E-state index in [1.165, 1.54) is 49.0 Å². The molecule has 2 aliphatic heterocycles. The van der Waals surface area contributed by atoms with Gasteiger partial charge in [-0.15, -0.1) is 11.8 Å². The van der Waals surface area contributed by atoms with Gasteiger partial charge in [0.25, 0.3) is 5.69 Å². The van der Waals surface area contributed by atoms with Crippen molar-refractivity contribution >= 4 is 46.6 Å². The molecule has 2 aromatic carbocycles. The number of amides is 2. The van der Waals surface area contributed by atoms with Gasteiger partial charge in [-0.1, -0.05) is 23.5 Å². The van der Waals surface area contributed by atoms with E-state index in [0.29, 0.717) is 33.2 Å². The number of carboxylic acids is 1. The maximum atomic E-state index is 13.6. The number of nitro groups is 1. The lowest BCUT2D eigenvalue weighted by Gasteiger charge is -2.43. The van der Waals surface area contributed by atoms with Crippen LogP contribution < -0.4 is 9.61 Å². The molecule has 2 amide bonds. The number of rotatable bonds is 7. The van der Waals surface area contributed by atoms with Gasteiger partial charge in [0.1, 0.15) is 24.2 Å². The molecule has 7 rings (SSSR count). The Hall–Kier alpha value is -4.04. The number of carbonyl (C=O) groups excluding carboxylic acids is 2. The molecule has 222 valence electrons. The number of nitrogens with one attached hydrogen (secondary N) is 1. The molecule has 4 aliphatic rings. The molecular weight excluding hydrogens is 601 g/mol. The first-order valence-electron chi connectivity index (χ1n) is 13.7. The second-order valence-electron chi connectivity index (χ2n) is 11.4. The van der Waals surface area contributed by atoms with Gasteiger partial charge in [-0.3, -0.25) is 29.4 Å². The number of nitrogens with zero attached hydrogens (tertiary/aromatic N) is 2. The van der Waals surface area contributed by atoms with Crippen molar-refractivity contribution in [2.75, 3.05) is 0 Å². The summed E-state index contributed by atoms with van der Waals surface area (Å²) >= 11 is 2.46. The molecule has 0 unspecified atom stereocenters. The van der Waals surface area contributed by atoms with Crippen molar-refractivity contribution in [3.8, 4) is 5.75 Å². The average Bonchev–Trinajstić information content (AvgIpc) is 3.71. The number of imide groups is 1. The van der Waals surface area contributed by atoms with Crippen molar-refractivity contribution < 1.29 is 33.5 Å². The van der Waals surface area contributed by atoms with Crippen LogP contribution in [0.4, 0.5) is 10.1 Å². The van der Waals surface area contributed by atoms with Gasteiger partial charge in [0, 0.05) is 33.7 Å². The van der Waals surface area contributed by atoms with Crippen LogP contribution in [0.3, 0.4) is 0 Å². The third-order valence-corrected chi connectivity index (χ3v) is 11.9. The van der Waals surface area contributed by atoms with Gasteiger partial charge in [-0.05, 0) is 54.9 Å². The Balaban J connectivity index is 1.33. The van der Waals surface area contributed by atoms with Crippen LogP contribution in [-0.4, -0.2) is 49.0 Å². The number of hydrogen-bond donors (Lipinski definition) is 2. The third kappa shape index (κ3) is 4.21. The van der Waals surface area contributed by atoms with Crippen molar-refractivity contribution in [3.63, 3.8) is 0 Å². The highest BCUT2D eigenvalue weighted by atomic mass is 32.2. The highest BCUT2D eigenvalue weighted by Gasteiger charge is 2.70. The van der Waals surface area contributed by atoms with Gasteiger partial charge in [-0.25, -0.2) is 9.18 Å². The zero-order valence-electron chi connectivity index (χ0n) is 22.5. The minimum absolute atomic E-state index is 0.0582. The first-order chi connectivity index (χ1) is 20.5. The molecule has 3 heterocycles. The van der Waals surface area contributed by atoms with E-state index in [2.05, 4.69) is 4.98 Å². The number of H-pyrrole nitrogens is 1. The number of likely N-dealkylation sites (tertiary alicyclic amines) is 1. The van der Waals surface area contributed by atoms with Crippen LogP contribution in [0.2, 0.25) is 0 Å². The summed E-state index contributed by atoms with van der Waals surface area (Å²) in [6.45, 7) is 1.38. The van der Waals surface area contributed by atoms with Gasteiger partial charge in [-0.2, -0.15) is 0 Å². The Labute approximate surface area is 251 Å². The summed E-state index contributed by atoms with van der Waals surface area (Å²) in [5.74, 6) is -5.03. The van der Waals surface area contributed by atoms with Gasteiger partial charge in [0.15, 0.2) is 0 Å². The summed E-state index contributed by atoms with van der Waals surface area (Å²) in [6.07, 6.45) is 0.570. The molecule has 14 heteroatoms. The van der Waals surface area contributed by atoms with E-state index >= 15 is 0 Å². The fourth-order valence-corrected chi connectivity index (χ4v) is 10.5. The van der Waals surface area contributed by atoms with E-state index in [-0.39, 0.29) is 40.2 Å². The predicted molar refractivity (Wildman–Crippen MR) is 151 cm³/mol. The van der Waals surface area contributed by atoms with Crippen LogP contribution >= 0.6 is 23.1 Å². The maximum Gasteiger partial charge on any atom is 0.326 e. The normalized spacial score (nSPS) is 29.3. The number of carbonyl (C=O) groups is 3. The second kappa shape index (κ2) is 10.0. The molecule has 2 bridgehead atoms. The summed E-state index contributed by atoms with van der Waals surface area (Å²) in [5, 5.41) is 21.9. The summed E-state index contributed by atoms with van der Waals surface area (Å²) in [7, 11) is 0. The molecular formula is C29H24FN3O8S2. The van der Waals surface area contributed by atoms with Crippen LogP contribution in [-0.2, 0) is 21.0 Å².